The van der Waals surface area contributed by atoms with Crippen LogP contribution in [0.1, 0.15) is 57.6 Å². The lowest BCUT2D eigenvalue weighted by Gasteiger charge is -2.20. The molecule has 2 amide bonds. The highest BCUT2D eigenvalue weighted by Crippen LogP contribution is 2.44. The molecule has 0 spiro atoms. The maximum absolute atomic E-state index is 12.5. The van der Waals surface area contributed by atoms with E-state index in [9.17, 15) is 14.4 Å². The van der Waals surface area contributed by atoms with Gasteiger partial charge in [-0.15, -0.1) is 0 Å². The van der Waals surface area contributed by atoms with Gasteiger partial charge < -0.3 is 20.1 Å². The van der Waals surface area contributed by atoms with Crippen molar-refractivity contribution in [2.75, 3.05) is 13.2 Å². The minimum absolute atomic E-state index is 0.0445. The molecule has 2 aromatic carbocycles. The number of ether oxygens (including phenoxy) is 2. The van der Waals surface area contributed by atoms with Crippen LogP contribution in [0.15, 0.2) is 48.5 Å². The number of carbonyl (C=O) groups is 3. The Morgan fingerprint density at radius 1 is 0.939 bits per heavy atom. The molecule has 1 aliphatic carbocycles. The maximum atomic E-state index is 12.5. The molecule has 2 N–H and O–H groups in total. The Kier molecular flexibility index (Phi) is 7.74. The van der Waals surface area contributed by atoms with Crippen molar-refractivity contribution >= 4 is 18.0 Å². The second-order valence-electron chi connectivity index (χ2n) is 9.20. The van der Waals surface area contributed by atoms with Gasteiger partial charge >= 0.3 is 12.2 Å². The predicted octanol–water partition coefficient (Wildman–Crippen LogP) is 4.79. The highest BCUT2D eigenvalue weighted by Gasteiger charge is 2.29. The van der Waals surface area contributed by atoms with Crippen molar-refractivity contribution < 1.29 is 23.9 Å². The highest BCUT2D eigenvalue weighted by molar-refractivity contribution is 5.85. The van der Waals surface area contributed by atoms with E-state index in [2.05, 4.69) is 34.9 Å². The summed E-state index contributed by atoms with van der Waals surface area (Å²) < 4.78 is 10.7. The predicted molar refractivity (Wildman–Crippen MR) is 126 cm³/mol. The number of ketones is 1. The van der Waals surface area contributed by atoms with Crippen LogP contribution in [-0.2, 0) is 14.3 Å². The molecule has 2 aromatic rings. The number of amides is 2. The summed E-state index contributed by atoms with van der Waals surface area (Å²) in [5, 5.41) is 5.31. The zero-order chi connectivity index (χ0) is 24.0. The fourth-order valence-corrected chi connectivity index (χ4v) is 3.97. The van der Waals surface area contributed by atoms with Gasteiger partial charge in [-0.3, -0.25) is 4.79 Å². The van der Waals surface area contributed by atoms with Gasteiger partial charge in [0.1, 0.15) is 12.2 Å². The molecule has 7 nitrogen and oxygen atoms in total. The number of carbonyl (C=O) groups excluding carboxylic acids is 3. The molecule has 0 saturated heterocycles. The van der Waals surface area contributed by atoms with Crippen molar-refractivity contribution in [3.63, 3.8) is 0 Å². The van der Waals surface area contributed by atoms with Crippen molar-refractivity contribution in [1.29, 1.82) is 0 Å². The standard InChI is InChI=1S/C26H32N2O5/c1-17(29)23(14-9-15-27-24(30)33-26(2,3)4)28-25(31)32-16-22-20-12-7-5-10-18(20)19-11-6-8-13-21(19)22/h5-8,10-13,22-23H,9,14-16H2,1-4H3,(H,27,30)(H,28,31). The first kappa shape index (κ1) is 24.3. The molecule has 1 aliphatic rings. The van der Waals surface area contributed by atoms with E-state index in [1.165, 1.54) is 6.92 Å². The van der Waals surface area contributed by atoms with Gasteiger partial charge in [-0.05, 0) is 62.8 Å². The molecule has 0 aliphatic heterocycles. The highest BCUT2D eigenvalue weighted by atomic mass is 16.6. The second kappa shape index (κ2) is 10.5. The van der Waals surface area contributed by atoms with E-state index in [1.54, 1.807) is 20.8 Å². The number of benzene rings is 2. The summed E-state index contributed by atoms with van der Waals surface area (Å²) in [6, 6.07) is 15.5. The molecule has 0 fully saturated rings. The maximum Gasteiger partial charge on any atom is 0.407 e. The molecule has 0 radical (unpaired) electrons. The molecular weight excluding hydrogens is 420 g/mol. The average Bonchev–Trinajstić information content (AvgIpc) is 3.07. The molecule has 0 saturated carbocycles. The number of nitrogens with one attached hydrogen (secondary N) is 2. The lowest BCUT2D eigenvalue weighted by atomic mass is 9.98. The first-order valence-corrected chi connectivity index (χ1v) is 11.2. The molecule has 7 heteroatoms. The van der Waals surface area contributed by atoms with Gasteiger partial charge in [0, 0.05) is 12.5 Å². The molecule has 1 atom stereocenters. The van der Waals surface area contributed by atoms with E-state index in [1.807, 2.05) is 24.3 Å². The second-order valence-corrected chi connectivity index (χ2v) is 9.20. The van der Waals surface area contributed by atoms with E-state index in [-0.39, 0.29) is 18.3 Å². The van der Waals surface area contributed by atoms with E-state index >= 15 is 0 Å². The van der Waals surface area contributed by atoms with Crippen LogP contribution in [0.5, 0.6) is 0 Å². The summed E-state index contributed by atoms with van der Waals surface area (Å²) in [5.74, 6) is -0.210. The van der Waals surface area contributed by atoms with Crippen LogP contribution >= 0.6 is 0 Å². The molecule has 176 valence electrons. The molecular formula is C26H32N2O5. The Balaban J connectivity index is 1.50. The van der Waals surface area contributed by atoms with Gasteiger partial charge in [0.05, 0.1) is 6.04 Å². The van der Waals surface area contributed by atoms with Gasteiger partial charge in [0.15, 0.2) is 5.78 Å². The number of hydrogen-bond acceptors (Lipinski definition) is 5. The quantitative estimate of drug-likeness (QED) is 0.562. The lowest BCUT2D eigenvalue weighted by Crippen LogP contribution is -2.41. The van der Waals surface area contributed by atoms with E-state index < -0.39 is 23.8 Å². The normalized spacial score (nSPS) is 13.5. The summed E-state index contributed by atoms with van der Waals surface area (Å²) in [5.41, 5.74) is 3.99. The first-order chi connectivity index (χ1) is 15.7. The molecule has 0 bridgehead atoms. The number of Topliss-reactive ketones (excluding diaryl/α,β-unsaturated/α-hetero) is 1. The van der Waals surface area contributed by atoms with Crippen LogP contribution in [0, 0.1) is 0 Å². The topological polar surface area (TPSA) is 93.7 Å². The Morgan fingerprint density at radius 2 is 1.52 bits per heavy atom. The summed E-state index contributed by atoms with van der Waals surface area (Å²) in [7, 11) is 0. The average molecular weight is 453 g/mol. The van der Waals surface area contributed by atoms with E-state index in [0.29, 0.717) is 19.4 Å². The smallest absolute Gasteiger partial charge is 0.407 e. The minimum Gasteiger partial charge on any atom is -0.449 e. The largest absolute Gasteiger partial charge is 0.449 e. The third kappa shape index (κ3) is 6.57. The zero-order valence-corrected chi connectivity index (χ0v) is 19.6. The minimum atomic E-state index is -0.680. The Bertz CT molecular complexity index is 966. The Labute approximate surface area is 194 Å². The van der Waals surface area contributed by atoms with Crippen molar-refractivity contribution in [2.45, 2.75) is 58.1 Å². The van der Waals surface area contributed by atoms with Crippen LogP contribution in [-0.4, -0.2) is 42.8 Å². The van der Waals surface area contributed by atoms with Gasteiger partial charge in [0.25, 0.3) is 0 Å². The molecule has 1 unspecified atom stereocenters. The summed E-state index contributed by atoms with van der Waals surface area (Å²) in [6.45, 7) is 7.31. The van der Waals surface area contributed by atoms with Crippen LogP contribution in [0.4, 0.5) is 9.59 Å². The van der Waals surface area contributed by atoms with Gasteiger partial charge in [0.2, 0.25) is 0 Å². The van der Waals surface area contributed by atoms with Gasteiger partial charge in [-0.2, -0.15) is 0 Å². The van der Waals surface area contributed by atoms with Crippen LogP contribution in [0.25, 0.3) is 11.1 Å². The molecule has 33 heavy (non-hydrogen) atoms. The van der Waals surface area contributed by atoms with Crippen molar-refractivity contribution in [3.8, 4) is 11.1 Å². The Hall–Kier alpha value is -3.35. The van der Waals surface area contributed by atoms with Crippen LogP contribution in [0.3, 0.4) is 0 Å². The van der Waals surface area contributed by atoms with E-state index in [4.69, 9.17) is 9.47 Å². The molecule has 0 aromatic heterocycles. The summed E-state index contributed by atoms with van der Waals surface area (Å²) >= 11 is 0. The third-order valence-electron chi connectivity index (χ3n) is 5.46. The zero-order valence-electron chi connectivity index (χ0n) is 19.6. The fourth-order valence-electron chi connectivity index (χ4n) is 3.97. The van der Waals surface area contributed by atoms with Crippen molar-refractivity contribution in [2.24, 2.45) is 0 Å². The van der Waals surface area contributed by atoms with Crippen LogP contribution < -0.4 is 10.6 Å². The van der Waals surface area contributed by atoms with Crippen molar-refractivity contribution in [3.05, 3.63) is 59.7 Å². The molecule has 0 heterocycles. The Morgan fingerprint density at radius 3 is 2.06 bits per heavy atom. The number of hydrogen-bond donors (Lipinski definition) is 2. The summed E-state index contributed by atoms with van der Waals surface area (Å²) in [6.07, 6.45) is -0.244. The van der Waals surface area contributed by atoms with Crippen molar-refractivity contribution in [1.82, 2.24) is 10.6 Å². The first-order valence-electron chi connectivity index (χ1n) is 11.2. The number of fused-ring (bicyclic) bond motifs is 3. The fraction of sp³-hybridized carbons (Fsp3) is 0.423. The van der Waals surface area contributed by atoms with E-state index in [0.717, 1.165) is 22.3 Å². The number of alkyl carbamates (subject to hydrolysis) is 2. The number of rotatable bonds is 8. The SMILES string of the molecule is CC(=O)C(CCCNC(=O)OC(C)(C)C)NC(=O)OCC1c2ccccc2-c2ccccc21. The molecule has 3 rings (SSSR count). The van der Waals surface area contributed by atoms with Crippen LogP contribution in [0.2, 0.25) is 0 Å². The lowest BCUT2D eigenvalue weighted by molar-refractivity contribution is -0.119. The third-order valence-corrected chi connectivity index (χ3v) is 5.46. The monoisotopic (exact) mass is 452 g/mol. The van der Waals surface area contributed by atoms with Gasteiger partial charge in [-0.1, -0.05) is 48.5 Å². The van der Waals surface area contributed by atoms with Gasteiger partial charge in [-0.25, -0.2) is 9.59 Å². The summed E-state index contributed by atoms with van der Waals surface area (Å²) in [4.78, 5) is 36.2.